The van der Waals surface area contributed by atoms with Gasteiger partial charge in [-0.05, 0) is 35.4 Å². The largest absolute Gasteiger partial charge is 0.347 e. The summed E-state index contributed by atoms with van der Waals surface area (Å²) in [5.74, 6) is -0.893. The highest BCUT2D eigenvalue weighted by atomic mass is 32.1. The van der Waals surface area contributed by atoms with Crippen LogP contribution in [0.2, 0.25) is 0 Å². The molecule has 0 aliphatic rings. The number of amides is 1. The maximum Gasteiger partial charge on any atom is 0.271 e. The Morgan fingerprint density at radius 3 is 2.31 bits per heavy atom. The monoisotopic (exact) mass is 369 g/mol. The van der Waals surface area contributed by atoms with Gasteiger partial charge in [-0.2, -0.15) is 0 Å². The van der Waals surface area contributed by atoms with Crippen LogP contribution in [0.15, 0.2) is 60.9 Å². The zero-order chi connectivity index (χ0) is 18.1. The summed E-state index contributed by atoms with van der Waals surface area (Å²) < 4.78 is 27.7. The molecule has 0 bridgehead atoms. The summed E-state index contributed by atoms with van der Waals surface area (Å²) in [5.41, 5.74) is 2.01. The van der Waals surface area contributed by atoms with Crippen molar-refractivity contribution in [2.75, 3.05) is 0 Å². The molecule has 0 saturated carbocycles. The summed E-state index contributed by atoms with van der Waals surface area (Å²) in [4.78, 5) is 18.2. The van der Waals surface area contributed by atoms with Crippen molar-refractivity contribution in [3.63, 3.8) is 0 Å². The molecule has 4 nitrogen and oxygen atoms in total. The van der Waals surface area contributed by atoms with Crippen LogP contribution >= 0.6 is 11.3 Å². The van der Waals surface area contributed by atoms with E-state index in [1.165, 1.54) is 35.6 Å². The molecule has 0 aliphatic heterocycles. The summed E-state index contributed by atoms with van der Waals surface area (Å²) in [6.07, 6.45) is 3.51. The highest BCUT2D eigenvalue weighted by Crippen LogP contribution is 2.28. The molecule has 0 atom stereocenters. The van der Waals surface area contributed by atoms with Crippen molar-refractivity contribution in [1.29, 1.82) is 0 Å². The average molecular weight is 369 g/mol. The van der Waals surface area contributed by atoms with Crippen LogP contribution in [-0.2, 0) is 6.54 Å². The van der Waals surface area contributed by atoms with Gasteiger partial charge >= 0.3 is 0 Å². The predicted molar refractivity (Wildman–Crippen MR) is 96.0 cm³/mol. The average Bonchev–Trinajstić information content (AvgIpc) is 3.21. The second-order valence-corrected chi connectivity index (χ2v) is 6.74. The fraction of sp³-hybridized carbons (Fsp3) is 0.0526. The Bertz CT molecular complexity index is 1040. The van der Waals surface area contributed by atoms with Gasteiger partial charge in [-0.3, -0.25) is 9.20 Å². The number of hydrogen-bond donors (Lipinski definition) is 1. The topological polar surface area (TPSA) is 46.4 Å². The lowest BCUT2D eigenvalue weighted by Gasteiger charge is -2.03. The molecule has 0 fully saturated rings. The van der Waals surface area contributed by atoms with Crippen LogP contribution in [-0.4, -0.2) is 15.3 Å². The van der Waals surface area contributed by atoms with Crippen molar-refractivity contribution in [2.24, 2.45) is 0 Å². The van der Waals surface area contributed by atoms with Crippen LogP contribution in [0.25, 0.3) is 15.4 Å². The summed E-state index contributed by atoms with van der Waals surface area (Å²) in [5, 5.41) is 2.76. The van der Waals surface area contributed by atoms with Gasteiger partial charge in [0.2, 0.25) is 0 Å². The lowest BCUT2D eigenvalue weighted by Crippen LogP contribution is -2.23. The van der Waals surface area contributed by atoms with Crippen LogP contribution in [0, 0.1) is 11.6 Å². The molecule has 0 spiro atoms. The molecule has 2 aromatic carbocycles. The van der Waals surface area contributed by atoms with Gasteiger partial charge in [-0.25, -0.2) is 13.8 Å². The fourth-order valence-electron chi connectivity index (χ4n) is 2.53. The molecule has 0 radical (unpaired) electrons. The number of halogens is 2. The van der Waals surface area contributed by atoms with Crippen LogP contribution in [0.4, 0.5) is 8.78 Å². The van der Waals surface area contributed by atoms with Crippen molar-refractivity contribution in [3.8, 4) is 10.4 Å². The molecular weight excluding hydrogens is 356 g/mol. The molecular formula is C19H13F2N3OS. The van der Waals surface area contributed by atoms with Gasteiger partial charge in [-0.15, -0.1) is 0 Å². The third kappa shape index (κ3) is 3.34. The molecule has 0 saturated heterocycles. The third-order valence-corrected chi connectivity index (χ3v) is 4.93. The zero-order valence-electron chi connectivity index (χ0n) is 13.4. The van der Waals surface area contributed by atoms with Crippen molar-refractivity contribution in [2.45, 2.75) is 6.54 Å². The lowest BCUT2D eigenvalue weighted by molar-refractivity contribution is 0.0946. The van der Waals surface area contributed by atoms with E-state index < -0.39 is 0 Å². The Hall–Kier alpha value is -3.06. The van der Waals surface area contributed by atoms with Gasteiger partial charge in [0.25, 0.3) is 5.91 Å². The molecule has 4 rings (SSSR count). The second kappa shape index (κ2) is 6.68. The van der Waals surface area contributed by atoms with Crippen molar-refractivity contribution >= 4 is 22.2 Å². The Labute approximate surface area is 151 Å². The number of hydrogen-bond acceptors (Lipinski definition) is 3. The number of carbonyl (C=O) groups excluding carboxylic acids is 1. The van der Waals surface area contributed by atoms with E-state index in [0.717, 1.165) is 16.0 Å². The summed E-state index contributed by atoms with van der Waals surface area (Å²) in [6, 6.07) is 12.2. The van der Waals surface area contributed by atoms with E-state index in [1.54, 1.807) is 34.9 Å². The Morgan fingerprint density at radius 2 is 1.65 bits per heavy atom. The SMILES string of the molecule is O=C(NCc1ccc(F)cc1)c1cn2cc(-c3ccc(F)cc3)sc2n1. The number of aromatic nitrogens is 2. The Morgan fingerprint density at radius 1 is 1.00 bits per heavy atom. The third-order valence-electron chi connectivity index (χ3n) is 3.88. The standard InChI is InChI=1S/C19H13F2N3OS/c20-14-5-1-12(2-6-14)9-22-18(25)16-10-24-11-17(26-19(24)23-16)13-3-7-15(21)8-4-13/h1-8,10-11H,9H2,(H,22,25). The first-order valence-electron chi connectivity index (χ1n) is 7.85. The number of carbonyl (C=O) groups is 1. The van der Waals surface area contributed by atoms with E-state index in [-0.39, 0.29) is 17.5 Å². The molecule has 0 aliphatic carbocycles. The number of nitrogens with one attached hydrogen (secondary N) is 1. The van der Waals surface area contributed by atoms with E-state index in [4.69, 9.17) is 0 Å². The molecule has 2 heterocycles. The highest BCUT2D eigenvalue weighted by molar-refractivity contribution is 7.20. The van der Waals surface area contributed by atoms with Gasteiger partial charge in [0.05, 0.1) is 4.88 Å². The Kier molecular flexibility index (Phi) is 4.22. The maximum absolute atomic E-state index is 13.0. The number of rotatable bonds is 4. The van der Waals surface area contributed by atoms with E-state index in [1.807, 2.05) is 6.20 Å². The number of thiazole rings is 1. The summed E-state index contributed by atoms with van der Waals surface area (Å²) in [6.45, 7) is 0.297. The normalized spacial score (nSPS) is 11.0. The maximum atomic E-state index is 13.0. The minimum Gasteiger partial charge on any atom is -0.347 e. The fourth-order valence-corrected chi connectivity index (χ4v) is 3.50. The van der Waals surface area contributed by atoms with E-state index in [0.29, 0.717) is 17.2 Å². The minimum absolute atomic E-state index is 0.282. The predicted octanol–water partition coefficient (Wildman–Crippen LogP) is 4.27. The van der Waals surface area contributed by atoms with Crippen LogP contribution in [0.1, 0.15) is 16.1 Å². The molecule has 1 N–H and O–H groups in total. The molecule has 7 heteroatoms. The molecule has 0 unspecified atom stereocenters. The quantitative estimate of drug-likeness (QED) is 0.584. The van der Waals surface area contributed by atoms with Crippen molar-refractivity contribution in [1.82, 2.24) is 14.7 Å². The number of imidazole rings is 1. The Balaban J connectivity index is 1.48. The van der Waals surface area contributed by atoms with E-state index >= 15 is 0 Å². The number of nitrogens with zero attached hydrogens (tertiary/aromatic N) is 2. The molecule has 26 heavy (non-hydrogen) atoms. The van der Waals surface area contributed by atoms with Crippen LogP contribution in [0.5, 0.6) is 0 Å². The minimum atomic E-state index is -0.314. The summed E-state index contributed by atoms with van der Waals surface area (Å²) >= 11 is 1.42. The van der Waals surface area contributed by atoms with Gasteiger partial charge in [-0.1, -0.05) is 35.6 Å². The van der Waals surface area contributed by atoms with Gasteiger partial charge in [0, 0.05) is 18.9 Å². The van der Waals surface area contributed by atoms with E-state index in [2.05, 4.69) is 10.3 Å². The van der Waals surface area contributed by atoms with Crippen LogP contribution < -0.4 is 5.32 Å². The first-order valence-corrected chi connectivity index (χ1v) is 8.67. The zero-order valence-corrected chi connectivity index (χ0v) is 14.3. The van der Waals surface area contributed by atoms with Crippen LogP contribution in [0.3, 0.4) is 0 Å². The molecule has 130 valence electrons. The first kappa shape index (κ1) is 16.4. The van der Waals surface area contributed by atoms with Crippen molar-refractivity contribution < 1.29 is 13.6 Å². The molecule has 4 aromatic rings. The second-order valence-electron chi connectivity index (χ2n) is 5.73. The van der Waals surface area contributed by atoms with Gasteiger partial charge in [0.1, 0.15) is 17.3 Å². The molecule has 1 amide bonds. The summed E-state index contributed by atoms with van der Waals surface area (Å²) in [7, 11) is 0. The highest BCUT2D eigenvalue weighted by Gasteiger charge is 2.13. The number of fused-ring (bicyclic) bond motifs is 1. The van der Waals surface area contributed by atoms with Crippen molar-refractivity contribution in [3.05, 3.63) is 83.8 Å². The number of benzene rings is 2. The van der Waals surface area contributed by atoms with Gasteiger partial charge in [0.15, 0.2) is 4.96 Å². The first-order chi connectivity index (χ1) is 12.6. The van der Waals surface area contributed by atoms with E-state index in [9.17, 15) is 13.6 Å². The smallest absolute Gasteiger partial charge is 0.271 e. The lowest BCUT2D eigenvalue weighted by atomic mass is 10.2. The van der Waals surface area contributed by atoms with Gasteiger partial charge < -0.3 is 5.32 Å². The molecule has 2 aromatic heterocycles.